The highest BCUT2D eigenvalue weighted by Gasteiger charge is 2.48. The minimum atomic E-state index is -1.03. The number of allylic oxidation sites excluding steroid dienone is 1. The van der Waals surface area contributed by atoms with E-state index in [1.54, 1.807) is 22.9 Å². The van der Waals surface area contributed by atoms with Crippen molar-refractivity contribution in [3.05, 3.63) is 18.5 Å². The van der Waals surface area contributed by atoms with Crippen LogP contribution in [0.4, 0.5) is 4.79 Å². The maximum atomic E-state index is 12.8. The molecule has 150 valence electrons. The number of amides is 1. The average Bonchev–Trinajstić information content (AvgIpc) is 3.04. The number of piperidine rings is 1. The van der Waals surface area contributed by atoms with Crippen molar-refractivity contribution in [2.45, 2.75) is 51.7 Å². The summed E-state index contributed by atoms with van der Waals surface area (Å²) in [6.07, 6.45) is 1.88. The van der Waals surface area contributed by atoms with Crippen molar-refractivity contribution in [2.24, 2.45) is 0 Å². The molecule has 0 saturated carbocycles. The topological polar surface area (TPSA) is 82.9 Å². The number of aromatic nitrogens is 2. The van der Waals surface area contributed by atoms with Crippen LogP contribution in [0.1, 0.15) is 46.2 Å². The monoisotopic (exact) mass is 379 g/mol. The third-order valence-electron chi connectivity index (χ3n) is 4.57. The van der Waals surface area contributed by atoms with Crippen LogP contribution in [0.15, 0.2) is 12.8 Å². The molecule has 0 unspecified atom stereocenters. The average molecular weight is 379 g/mol. The van der Waals surface area contributed by atoms with Crippen molar-refractivity contribution in [2.75, 3.05) is 27.3 Å². The van der Waals surface area contributed by atoms with Gasteiger partial charge in [-0.15, -0.1) is 0 Å². The fourth-order valence-electron chi connectivity index (χ4n) is 3.28. The fourth-order valence-corrected chi connectivity index (χ4v) is 3.28. The van der Waals surface area contributed by atoms with Crippen LogP contribution in [0, 0.1) is 0 Å². The van der Waals surface area contributed by atoms with Gasteiger partial charge in [-0.25, -0.2) is 14.3 Å². The molecule has 0 spiro atoms. The maximum Gasteiger partial charge on any atom is 0.410 e. The highest BCUT2D eigenvalue weighted by molar-refractivity contribution is 5.81. The zero-order valence-corrected chi connectivity index (χ0v) is 17.0. The number of carbonyl (C=O) groups is 2. The Morgan fingerprint density at radius 2 is 1.81 bits per heavy atom. The number of likely N-dealkylation sites (tertiary alicyclic amines) is 1. The summed E-state index contributed by atoms with van der Waals surface area (Å²) in [5.74, 6) is 0.139. The largest absolute Gasteiger partial charge is 0.493 e. The highest BCUT2D eigenvalue weighted by atomic mass is 16.6. The smallest absolute Gasteiger partial charge is 0.410 e. The van der Waals surface area contributed by atoms with Crippen LogP contribution in [0.2, 0.25) is 0 Å². The molecular formula is C19H29N3O5. The van der Waals surface area contributed by atoms with Gasteiger partial charge in [-0.05, 0) is 33.3 Å². The number of hydrogen-bond acceptors (Lipinski definition) is 6. The van der Waals surface area contributed by atoms with E-state index in [1.807, 2.05) is 27.7 Å². The summed E-state index contributed by atoms with van der Waals surface area (Å²) in [5.41, 5.74) is -0.231. The predicted molar refractivity (Wildman–Crippen MR) is 101 cm³/mol. The number of ether oxygens (including phenoxy) is 3. The number of carbonyl (C=O) groups excluding carboxylic acids is 2. The highest BCUT2D eigenvalue weighted by Crippen LogP contribution is 2.37. The zero-order chi connectivity index (χ0) is 20.4. The lowest BCUT2D eigenvalue weighted by Gasteiger charge is -2.40. The summed E-state index contributed by atoms with van der Waals surface area (Å²) >= 11 is 0. The van der Waals surface area contributed by atoms with Crippen LogP contribution in [-0.4, -0.2) is 59.7 Å². The lowest BCUT2D eigenvalue weighted by atomic mass is 9.87. The van der Waals surface area contributed by atoms with Crippen LogP contribution in [0.25, 0.3) is 5.57 Å². The van der Waals surface area contributed by atoms with Gasteiger partial charge < -0.3 is 19.1 Å². The van der Waals surface area contributed by atoms with Gasteiger partial charge in [-0.2, -0.15) is 5.10 Å². The van der Waals surface area contributed by atoms with Gasteiger partial charge in [0.15, 0.2) is 11.3 Å². The van der Waals surface area contributed by atoms with Gasteiger partial charge in [0.05, 0.1) is 20.4 Å². The summed E-state index contributed by atoms with van der Waals surface area (Å²) in [6.45, 7) is 12.0. The Morgan fingerprint density at radius 1 is 1.22 bits per heavy atom. The van der Waals surface area contributed by atoms with Gasteiger partial charge in [0.2, 0.25) is 0 Å². The minimum Gasteiger partial charge on any atom is -0.493 e. The SMILES string of the molecule is C=C(C)c1c(OC)cnn1C1(C(=O)OC)CCN(C(=O)OC(C)(C)C)CC1. The van der Waals surface area contributed by atoms with Gasteiger partial charge >= 0.3 is 12.1 Å². The van der Waals surface area contributed by atoms with Crippen molar-refractivity contribution >= 4 is 17.6 Å². The van der Waals surface area contributed by atoms with Crippen molar-refractivity contribution in [1.82, 2.24) is 14.7 Å². The van der Waals surface area contributed by atoms with E-state index in [-0.39, 0.29) is 6.09 Å². The van der Waals surface area contributed by atoms with E-state index in [9.17, 15) is 9.59 Å². The molecule has 0 radical (unpaired) electrons. The molecule has 1 aromatic rings. The molecule has 1 aliphatic rings. The van der Waals surface area contributed by atoms with Gasteiger partial charge in [0.1, 0.15) is 11.3 Å². The van der Waals surface area contributed by atoms with E-state index < -0.39 is 17.1 Å². The first kappa shape index (κ1) is 20.8. The van der Waals surface area contributed by atoms with Crippen molar-refractivity contribution in [1.29, 1.82) is 0 Å². The van der Waals surface area contributed by atoms with E-state index in [4.69, 9.17) is 14.2 Å². The number of methoxy groups -OCH3 is 2. The molecule has 1 aliphatic heterocycles. The fraction of sp³-hybridized carbons (Fsp3) is 0.632. The van der Waals surface area contributed by atoms with E-state index >= 15 is 0 Å². The van der Waals surface area contributed by atoms with E-state index in [0.717, 1.165) is 5.57 Å². The number of hydrogen-bond donors (Lipinski definition) is 0. The summed E-state index contributed by atoms with van der Waals surface area (Å²) in [5, 5.41) is 4.40. The van der Waals surface area contributed by atoms with E-state index in [2.05, 4.69) is 11.7 Å². The molecule has 0 atom stereocenters. The lowest BCUT2D eigenvalue weighted by molar-refractivity contribution is -0.155. The molecule has 1 saturated heterocycles. The Bertz CT molecular complexity index is 724. The van der Waals surface area contributed by atoms with Crippen molar-refractivity contribution in [3.63, 3.8) is 0 Å². The Morgan fingerprint density at radius 3 is 2.26 bits per heavy atom. The Labute approximate surface area is 160 Å². The molecular weight excluding hydrogens is 350 g/mol. The van der Waals surface area contributed by atoms with Crippen LogP contribution in [0.5, 0.6) is 5.75 Å². The molecule has 2 heterocycles. The second-order valence-electron chi connectivity index (χ2n) is 7.74. The molecule has 2 rings (SSSR count). The summed E-state index contributed by atoms with van der Waals surface area (Å²) in [7, 11) is 2.90. The second kappa shape index (κ2) is 7.62. The predicted octanol–water partition coefficient (Wildman–Crippen LogP) is 2.82. The van der Waals surface area contributed by atoms with Crippen LogP contribution < -0.4 is 4.74 Å². The van der Waals surface area contributed by atoms with Gasteiger partial charge in [0, 0.05) is 25.9 Å². The van der Waals surface area contributed by atoms with Crippen LogP contribution in [0.3, 0.4) is 0 Å². The van der Waals surface area contributed by atoms with Gasteiger partial charge in [0.25, 0.3) is 0 Å². The normalized spacial score (nSPS) is 16.6. The molecule has 0 bridgehead atoms. The third kappa shape index (κ3) is 4.09. The first-order valence-corrected chi connectivity index (χ1v) is 8.90. The molecule has 8 nitrogen and oxygen atoms in total. The first-order chi connectivity index (χ1) is 12.6. The number of esters is 1. The summed E-state index contributed by atoms with van der Waals surface area (Å²) in [6, 6.07) is 0. The number of rotatable bonds is 4. The van der Waals surface area contributed by atoms with E-state index in [1.165, 1.54) is 7.11 Å². The molecule has 1 aromatic heterocycles. The quantitative estimate of drug-likeness (QED) is 0.748. The summed E-state index contributed by atoms with van der Waals surface area (Å²) in [4.78, 5) is 26.7. The molecule has 1 amide bonds. The Hall–Kier alpha value is -2.51. The summed E-state index contributed by atoms with van der Waals surface area (Å²) < 4.78 is 17.5. The molecule has 0 aliphatic carbocycles. The lowest BCUT2D eigenvalue weighted by Crippen LogP contribution is -2.54. The second-order valence-corrected chi connectivity index (χ2v) is 7.74. The minimum absolute atomic E-state index is 0.349. The Kier molecular flexibility index (Phi) is 5.87. The van der Waals surface area contributed by atoms with E-state index in [0.29, 0.717) is 37.4 Å². The molecule has 27 heavy (non-hydrogen) atoms. The van der Waals surface area contributed by atoms with Gasteiger partial charge in [-0.1, -0.05) is 6.58 Å². The third-order valence-corrected chi connectivity index (χ3v) is 4.57. The Balaban J connectivity index is 2.34. The standard InChI is InChI=1S/C19H29N3O5/c1-13(2)15-14(25-6)12-20-22(15)19(16(23)26-7)8-10-21(11-9-19)17(24)27-18(3,4)5/h12H,1,8-11H2,2-7H3. The van der Waals surface area contributed by atoms with Crippen LogP contribution >= 0.6 is 0 Å². The zero-order valence-electron chi connectivity index (χ0n) is 17.0. The number of nitrogens with zero attached hydrogens (tertiary/aromatic N) is 3. The molecule has 0 aromatic carbocycles. The van der Waals surface area contributed by atoms with Gasteiger partial charge in [-0.3, -0.25) is 0 Å². The van der Waals surface area contributed by atoms with Crippen molar-refractivity contribution in [3.8, 4) is 5.75 Å². The maximum absolute atomic E-state index is 12.8. The molecule has 1 fully saturated rings. The van der Waals surface area contributed by atoms with Crippen molar-refractivity contribution < 1.29 is 23.8 Å². The molecule has 8 heteroatoms. The molecule has 0 N–H and O–H groups in total. The van der Waals surface area contributed by atoms with Crippen LogP contribution in [-0.2, 0) is 19.8 Å². The first-order valence-electron chi connectivity index (χ1n) is 8.90.